The van der Waals surface area contributed by atoms with Crippen LogP contribution < -0.4 is 4.90 Å². The summed E-state index contributed by atoms with van der Waals surface area (Å²) in [5, 5.41) is 7.75. The van der Waals surface area contributed by atoms with E-state index in [-0.39, 0.29) is 18.4 Å². The summed E-state index contributed by atoms with van der Waals surface area (Å²) in [5.41, 5.74) is 1.85. The topological polar surface area (TPSA) is 59.2 Å². The Morgan fingerprint density at radius 1 is 1.36 bits per heavy atom. The maximum absolute atomic E-state index is 12.5. The average molecular weight is 387 g/mol. The zero-order valence-electron chi connectivity index (χ0n) is 12.6. The number of benzene rings is 1. The number of halogens is 2. The maximum Gasteiger partial charge on any atom is 0.256 e. The van der Waals surface area contributed by atoms with E-state index >= 15 is 0 Å². The van der Waals surface area contributed by atoms with Crippen molar-refractivity contribution in [3.63, 3.8) is 0 Å². The normalized spacial score (nSPS) is 12.5. The Kier molecular flexibility index (Phi) is 5.58. The highest BCUT2D eigenvalue weighted by molar-refractivity contribution is 9.10. The molecule has 0 saturated carbocycles. The molecule has 118 valence electrons. The minimum Gasteiger partial charge on any atom is -0.424 e. The first-order valence-corrected chi connectivity index (χ1v) is 8.22. The first-order chi connectivity index (χ1) is 10.4. The number of hydrogen-bond donors (Lipinski definition) is 0. The fraction of sp³-hybridized carbons (Fsp3) is 0.400. The van der Waals surface area contributed by atoms with Crippen molar-refractivity contribution in [2.24, 2.45) is 0 Å². The van der Waals surface area contributed by atoms with Gasteiger partial charge in [0.15, 0.2) is 4.29 Å². The maximum atomic E-state index is 12.5. The Bertz CT molecular complexity index is 658. The Hall–Kier alpha value is -1.40. The fourth-order valence-corrected chi connectivity index (χ4v) is 2.52. The molecule has 1 heterocycles. The number of carbonyl (C=O) groups excluding carboxylic acids is 1. The van der Waals surface area contributed by atoms with E-state index < -0.39 is 4.29 Å². The van der Waals surface area contributed by atoms with E-state index in [1.165, 1.54) is 0 Å². The molecule has 2 aromatic rings. The molecule has 0 spiro atoms. The van der Waals surface area contributed by atoms with E-state index in [1.807, 2.05) is 24.3 Å². The molecule has 0 fully saturated rings. The van der Waals surface area contributed by atoms with Crippen molar-refractivity contribution in [1.29, 1.82) is 0 Å². The van der Waals surface area contributed by atoms with Crippen LogP contribution in [0.25, 0.3) is 0 Å². The number of amides is 1. The summed E-state index contributed by atoms with van der Waals surface area (Å²) in [7, 11) is 0. The standard InChI is InChI=1S/C15H17BrClN3O2/c1-9(2)11-6-4-5-7-12(11)20(15(21)14(16)17)8-13-19-18-10(3)22-13/h4-7,9,14H,8H2,1-3H3. The van der Waals surface area contributed by atoms with Crippen LogP contribution in [-0.2, 0) is 11.3 Å². The molecule has 1 unspecified atom stereocenters. The van der Waals surface area contributed by atoms with Gasteiger partial charge in [0.2, 0.25) is 11.8 Å². The molecule has 7 heteroatoms. The smallest absolute Gasteiger partial charge is 0.256 e. The van der Waals surface area contributed by atoms with Gasteiger partial charge in [-0.3, -0.25) is 4.79 Å². The second-order valence-corrected chi connectivity index (χ2v) is 7.03. The molecule has 0 bridgehead atoms. The number of carbonyl (C=O) groups is 1. The van der Waals surface area contributed by atoms with Gasteiger partial charge in [-0.1, -0.05) is 59.6 Å². The summed E-state index contributed by atoms with van der Waals surface area (Å²) in [6.07, 6.45) is 0. The lowest BCUT2D eigenvalue weighted by molar-refractivity contribution is -0.117. The van der Waals surface area contributed by atoms with Crippen LogP contribution in [0.4, 0.5) is 5.69 Å². The summed E-state index contributed by atoms with van der Waals surface area (Å²) in [6, 6.07) is 7.72. The Labute approximate surface area is 142 Å². The number of aryl methyl sites for hydroxylation is 1. The van der Waals surface area contributed by atoms with Crippen LogP contribution >= 0.6 is 27.5 Å². The molecular formula is C15H17BrClN3O2. The van der Waals surface area contributed by atoms with Crippen molar-refractivity contribution >= 4 is 39.1 Å². The fourth-order valence-electron chi connectivity index (χ4n) is 2.16. The van der Waals surface area contributed by atoms with E-state index in [0.717, 1.165) is 11.3 Å². The van der Waals surface area contributed by atoms with Crippen LogP contribution in [0.5, 0.6) is 0 Å². The molecule has 1 atom stereocenters. The predicted molar refractivity (Wildman–Crippen MR) is 89.3 cm³/mol. The molecule has 22 heavy (non-hydrogen) atoms. The summed E-state index contributed by atoms with van der Waals surface area (Å²) in [4.78, 5) is 14.1. The van der Waals surface area contributed by atoms with Gasteiger partial charge >= 0.3 is 0 Å². The predicted octanol–water partition coefficient (Wildman–Crippen LogP) is 3.99. The first kappa shape index (κ1) is 17.0. The van der Waals surface area contributed by atoms with Gasteiger partial charge in [-0.25, -0.2) is 0 Å². The molecule has 0 saturated heterocycles. The summed E-state index contributed by atoms with van der Waals surface area (Å²) < 4.78 is 4.57. The molecule has 2 rings (SSSR count). The highest BCUT2D eigenvalue weighted by Gasteiger charge is 2.26. The number of nitrogens with zero attached hydrogens (tertiary/aromatic N) is 3. The molecule has 1 amide bonds. The van der Waals surface area contributed by atoms with Crippen LogP contribution in [0.3, 0.4) is 0 Å². The van der Waals surface area contributed by atoms with E-state index in [2.05, 4.69) is 40.0 Å². The van der Waals surface area contributed by atoms with E-state index in [1.54, 1.807) is 11.8 Å². The molecule has 0 N–H and O–H groups in total. The highest BCUT2D eigenvalue weighted by Crippen LogP contribution is 2.30. The minimum atomic E-state index is -0.822. The van der Waals surface area contributed by atoms with Crippen molar-refractivity contribution in [3.05, 3.63) is 41.6 Å². The van der Waals surface area contributed by atoms with Crippen molar-refractivity contribution in [2.75, 3.05) is 4.90 Å². The van der Waals surface area contributed by atoms with Crippen LogP contribution in [0, 0.1) is 6.92 Å². The molecule has 0 aliphatic carbocycles. The molecule has 5 nitrogen and oxygen atoms in total. The summed E-state index contributed by atoms with van der Waals surface area (Å²) in [5.74, 6) is 0.820. The third-order valence-corrected chi connectivity index (χ3v) is 3.74. The SMILES string of the molecule is Cc1nnc(CN(C(=O)C(Cl)Br)c2ccccc2C(C)C)o1. The lowest BCUT2D eigenvalue weighted by Gasteiger charge is -2.25. The van der Waals surface area contributed by atoms with Gasteiger partial charge in [0.05, 0.1) is 0 Å². The lowest BCUT2D eigenvalue weighted by atomic mass is 10.0. The minimum absolute atomic E-state index is 0.179. The molecule has 1 aromatic carbocycles. The van der Waals surface area contributed by atoms with Gasteiger partial charge in [-0.05, 0) is 17.5 Å². The number of alkyl halides is 2. The van der Waals surface area contributed by atoms with Gasteiger partial charge < -0.3 is 9.32 Å². The van der Waals surface area contributed by atoms with Crippen molar-refractivity contribution in [2.45, 2.75) is 37.5 Å². The summed E-state index contributed by atoms with van der Waals surface area (Å²) in [6.45, 7) is 6.03. The third kappa shape index (κ3) is 3.87. The summed E-state index contributed by atoms with van der Waals surface area (Å²) >= 11 is 9.06. The van der Waals surface area contributed by atoms with Crippen LogP contribution in [0.2, 0.25) is 0 Å². The highest BCUT2D eigenvalue weighted by atomic mass is 79.9. The quantitative estimate of drug-likeness (QED) is 0.729. The van der Waals surface area contributed by atoms with Crippen molar-refractivity contribution in [3.8, 4) is 0 Å². The monoisotopic (exact) mass is 385 g/mol. The zero-order chi connectivity index (χ0) is 16.3. The second-order valence-electron chi connectivity index (χ2n) is 5.15. The lowest BCUT2D eigenvalue weighted by Crippen LogP contribution is -2.35. The molecule has 1 aromatic heterocycles. The Balaban J connectivity index is 2.42. The molecular weight excluding hydrogens is 370 g/mol. The second kappa shape index (κ2) is 7.24. The van der Waals surface area contributed by atoms with Gasteiger partial charge in [-0.15, -0.1) is 10.2 Å². The van der Waals surface area contributed by atoms with Crippen LogP contribution in [0.15, 0.2) is 28.7 Å². The molecule has 0 aliphatic heterocycles. The van der Waals surface area contributed by atoms with E-state index in [0.29, 0.717) is 11.8 Å². The number of hydrogen-bond acceptors (Lipinski definition) is 4. The number of rotatable bonds is 5. The van der Waals surface area contributed by atoms with Crippen molar-refractivity contribution < 1.29 is 9.21 Å². The Morgan fingerprint density at radius 3 is 2.59 bits per heavy atom. The first-order valence-electron chi connectivity index (χ1n) is 6.87. The number of anilines is 1. The van der Waals surface area contributed by atoms with E-state index in [4.69, 9.17) is 16.0 Å². The number of aromatic nitrogens is 2. The largest absolute Gasteiger partial charge is 0.424 e. The van der Waals surface area contributed by atoms with Gasteiger partial charge in [-0.2, -0.15) is 0 Å². The zero-order valence-corrected chi connectivity index (χ0v) is 14.9. The van der Waals surface area contributed by atoms with Gasteiger partial charge in [0, 0.05) is 12.6 Å². The van der Waals surface area contributed by atoms with Crippen LogP contribution in [0.1, 0.15) is 37.1 Å². The van der Waals surface area contributed by atoms with Gasteiger partial charge in [0.25, 0.3) is 5.91 Å². The Morgan fingerprint density at radius 2 is 2.05 bits per heavy atom. The molecule has 0 aliphatic rings. The van der Waals surface area contributed by atoms with Crippen LogP contribution in [-0.4, -0.2) is 20.4 Å². The third-order valence-electron chi connectivity index (χ3n) is 3.16. The average Bonchev–Trinajstić information content (AvgIpc) is 2.89. The van der Waals surface area contributed by atoms with Gasteiger partial charge in [0.1, 0.15) is 6.54 Å². The van der Waals surface area contributed by atoms with Crippen molar-refractivity contribution in [1.82, 2.24) is 10.2 Å². The number of para-hydroxylation sites is 1. The van der Waals surface area contributed by atoms with E-state index in [9.17, 15) is 4.79 Å². The molecule has 0 radical (unpaired) electrons.